The monoisotopic (exact) mass is 407 g/mol. The van der Waals surface area contributed by atoms with Gasteiger partial charge in [-0.2, -0.15) is 10.1 Å². The third-order valence-corrected chi connectivity index (χ3v) is 5.73. The smallest absolute Gasteiger partial charge is 0.243 e. The van der Waals surface area contributed by atoms with Crippen LogP contribution in [0, 0.1) is 6.92 Å². The van der Waals surface area contributed by atoms with Crippen LogP contribution in [0.1, 0.15) is 5.69 Å². The Kier molecular flexibility index (Phi) is 5.18. The minimum atomic E-state index is -0.113. The van der Waals surface area contributed by atoms with Gasteiger partial charge in [0.1, 0.15) is 5.75 Å². The van der Waals surface area contributed by atoms with Gasteiger partial charge in [0.25, 0.3) is 0 Å². The molecule has 2 aromatic carbocycles. The SMILES string of the molecule is COc1ccc(NC(=O)CN(C)c2nc3c(s2)c(C)nn3-c2ccccc2)cc1. The van der Waals surface area contributed by atoms with E-state index < -0.39 is 0 Å². The maximum absolute atomic E-state index is 12.4. The van der Waals surface area contributed by atoms with Gasteiger partial charge in [0, 0.05) is 12.7 Å². The minimum Gasteiger partial charge on any atom is -0.497 e. The number of hydrogen-bond acceptors (Lipinski definition) is 6. The van der Waals surface area contributed by atoms with Gasteiger partial charge in [-0.3, -0.25) is 4.79 Å². The van der Waals surface area contributed by atoms with Crippen LogP contribution >= 0.6 is 11.3 Å². The Labute approximate surface area is 172 Å². The summed E-state index contributed by atoms with van der Waals surface area (Å²) in [6.45, 7) is 2.17. The predicted octanol–water partition coefficient (Wildman–Crippen LogP) is 3.87. The quantitative estimate of drug-likeness (QED) is 0.525. The molecule has 0 saturated carbocycles. The topological polar surface area (TPSA) is 72.3 Å². The van der Waals surface area contributed by atoms with Crippen molar-refractivity contribution in [3.05, 3.63) is 60.3 Å². The molecule has 2 aromatic heterocycles. The van der Waals surface area contributed by atoms with Crippen LogP contribution in [0.5, 0.6) is 5.75 Å². The van der Waals surface area contributed by atoms with Crippen LogP contribution < -0.4 is 15.0 Å². The number of ether oxygens (including phenoxy) is 1. The highest BCUT2D eigenvalue weighted by atomic mass is 32.1. The number of carbonyl (C=O) groups excluding carboxylic acids is 1. The fourth-order valence-corrected chi connectivity index (χ4v) is 3.94. The zero-order valence-electron chi connectivity index (χ0n) is 16.4. The van der Waals surface area contributed by atoms with Gasteiger partial charge in [-0.25, -0.2) is 4.68 Å². The van der Waals surface area contributed by atoms with E-state index in [1.165, 1.54) is 11.3 Å². The van der Waals surface area contributed by atoms with Gasteiger partial charge in [-0.1, -0.05) is 29.5 Å². The third-order valence-electron chi connectivity index (χ3n) is 4.46. The first-order valence-electron chi connectivity index (χ1n) is 9.12. The Morgan fingerprint density at radius 2 is 1.90 bits per heavy atom. The molecule has 0 unspecified atom stereocenters. The molecule has 0 fully saturated rings. The molecule has 0 aliphatic rings. The molecule has 8 heteroatoms. The Balaban J connectivity index is 1.51. The van der Waals surface area contributed by atoms with E-state index in [1.54, 1.807) is 7.11 Å². The zero-order valence-corrected chi connectivity index (χ0v) is 17.2. The van der Waals surface area contributed by atoms with E-state index >= 15 is 0 Å². The summed E-state index contributed by atoms with van der Waals surface area (Å²) in [5.74, 6) is 0.635. The molecular weight excluding hydrogens is 386 g/mol. The molecule has 29 heavy (non-hydrogen) atoms. The van der Waals surface area contributed by atoms with Crippen molar-refractivity contribution in [1.82, 2.24) is 14.8 Å². The number of carbonyl (C=O) groups is 1. The summed E-state index contributed by atoms with van der Waals surface area (Å²) in [6, 6.07) is 17.2. The largest absolute Gasteiger partial charge is 0.497 e. The molecule has 1 amide bonds. The van der Waals surface area contributed by atoms with E-state index in [0.29, 0.717) is 0 Å². The van der Waals surface area contributed by atoms with Crippen LogP contribution in [-0.2, 0) is 4.79 Å². The number of methoxy groups -OCH3 is 1. The fourth-order valence-electron chi connectivity index (χ4n) is 2.99. The molecule has 0 saturated heterocycles. The second-order valence-corrected chi connectivity index (χ2v) is 7.59. The summed E-state index contributed by atoms with van der Waals surface area (Å²) in [6.07, 6.45) is 0. The summed E-state index contributed by atoms with van der Waals surface area (Å²) in [4.78, 5) is 19.0. The first kappa shape index (κ1) is 18.9. The number of amides is 1. The Bertz CT molecular complexity index is 1140. The van der Waals surface area contributed by atoms with Gasteiger partial charge < -0.3 is 15.0 Å². The summed E-state index contributed by atoms with van der Waals surface area (Å²) < 4.78 is 8.00. The van der Waals surface area contributed by atoms with E-state index in [1.807, 2.05) is 78.2 Å². The number of nitrogens with zero attached hydrogens (tertiary/aromatic N) is 4. The highest BCUT2D eigenvalue weighted by Crippen LogP contribution is 2.32. The lowest BCUT2D eigenvalue weighted by Gasteiger charge is -2.15. The normalized spacial score (nSPS) is 10.9. The van der Waals surface area contributed by atoms with Gasteiger partial charge in [0.05, 0.1) is 29.7 Å². The number of likely N-dealkylation sites (N-methyl/N-ethyl adjacent to an activating group) is 1. The molecule has 2 heterocycles. The van der Waals surface area contributed by atoms with Gasteiger partial charge in [0.15, 0.2) is 10.8 Å². The zero-order chi connectivity index (χ0) is 20.4. The number of fused-ring (bicyclic) bond motifs is 1. The van der Waals surface area contributed by atoms with E-state index in [2.05, 4.69) is 10.4 Å². The summed E-state index contributed by atoms with van der Waals surface area (Å²) >= 11 is 1.54. The van der Waals surface area contributed by atoms with Crippen molar-refractivity contribution in [3.8, 4) is 11.4 Å². The number of hydrogen-bond donors (Lipinski definition) is 1. The molecule has 0 bridgehead atoms. The van der Waals surface area contributed by atoms with Gasteiger partial charge >= 0.3 is 0 Å². The predicted molar refractivity (Wildman–Crippen MR) is 116 cm³/mol. The lowest BCUT2D eigenvalue weighted by Crippen LogP contribution is -2.29. The molecule has 1 N–H and O–H groups in total. The third kappa shape index (κ3) is 3.93. The van der Waals surface area contributed by atoms with E-state index in [-0.39, 0.29) is 12.5 Å². The molecule has 0 aliphatic carbocycles. The van der Waals surface area contributed by atoms with Crippen molar-refractivity contribution in [2.45, 2.75) is 6.92 Å². The number of benzene rings is 2. The van der Waals surface area contributed by atoms with Crippen LogP contribution in [0.2, 0.25) is 0 Å². The number of para-hydroxylation sites is 1. The van der Waals surface area contributed by atoms with Crippen molar-refractivity contribution in [3.63, 3.8) is 0 Å². The van der Waals surface area contributed by atoms with Crippen LogP contribution in [0.4, 0.5) is 10.8 Å². The lowest BCUT2D eigenvalue weighted by molar-refractivity contribution is -0.114. The first-order valence-corrected chi connectivity index (χ1v) is 9.93. The van der Waals surface area contributed by atoms with Crippen LogP contribution in [0.25, 0.3) is 16.0 Å². The average molecular weight is 407 g/mol. The Hall–Kier alpha value is -3.39. The van der Waals surface area contributed by atoms with Crippen LogP contribution in [0.3, 0.4) is 0 Å². The van der Waals surface area contributed by atoms with E-state index in [0.717, 1.165) is 38.3 Å². The molecular formula is C21H21N5O2S. The average Bonchev–Trinajstić information content (AvgIpc) is 3.30. The molecule has 4 aromatic rings. The number of rotatable bonds is 6. The Morgan fingerprint density at radius 1 is 1.17 bits per heavy atom. The number of thiazole rings is 1. The maximum atomic E-state index is 12.4. The number of aromatic nitrogens is 3. The van der Waals surface area contributed by atoms with Gasteiger partial charge in [-0.05, 0) is 43.3 Å². The number of aryl methyl sites for hydroxylation is 1. The minimum absolute atomic E-state index is 0.113. The summed E-state index contributed by atoms with van der Waals surface area (Å²) in [7, 11) is 3.47. The standard InChI is InChI=1S/C21H21N5O2S/c1-14-19-20(26(24-14)16-7-5-4-6-8-16)23-21(29-19)25(2)13-18(27)22-15-9-11-17(28-3)12-10-15/h4-12H,13H2,1-3H3,(H,22,27). The van der Waals surface area contributed by atoms with E-state index in [4.69, 9.17) is 9.72 Å². The molecule has 148 valence electrons. The molecule has 7 nitrogen and oxygen atoms in total. The molecule has 0 atom stereocenters. The van der Waals surface area contributed by atoms with Crippen molar-refractivity contribution in [2.75, 3.05) is 30.9 Å². The fraction of sp³-hybridized carbons (Fsp3) is 0.190. The Morgan fingerprint density at radius 3 is 2.59 bits per heavy atom. The molecule has 0 aliphatic heterocycles. The van der Waals surface area contributed by atoms with E-state index in [9.17, 15) is 4.79 Å². The summed E-state index contributed by atoms with van der Waals surface area (Å²) in [5.41, 5.74) is 3.41. The number of anilines is 2. The van der Waals surface area contributed by atoms with Gasteiger partial charge in [0.2, 0.25) is 5.91 Å². The van der Waals surface area contributed by atoms with Crippen molar-refractivity contribution >= 4 is 38.4 Å². The highest BCUT2D eigenvalue weighted by molar-refractivity contribution is 7.22. The summed E-state index contributed by atoms with van der Waals surface area (Å²) in [5, 5.41) is 8.27. The van der Waals surface area contributed by atoms with Crippen molar-refractivity contribution < 1.29 is 9.53 Å². The second kappa shape index (κ2) is 7.92. The van der Waals surface area contributed by atoms with Crippen LogP contribution in [0.15, 0.2) is 54.6 Å². The molecule has 4 rings (SSSR count). The van der Waals surface area contributed by atoms with Crippen molar-refractivity contribution in [2.24, 2.45) is 0 Å². The van der Waals surface area contributed by atoms with Crippen LogP contribution in [-0.4, -0.2) is 41.4 Å². The second-order valence-electron chi connectivity index (χ2n) is 6.61. The number of nitrogens with one attached hydrogen (secondary N) is 1. The lowest BCUT2D eigenvalue weighted by atomic mass is 10.3. The molecule has 0 spiro atoms. The maximum Gasteiger partial charge on any atom is 0.243 e. The van der Waals surface area contributed by atoms with Gasteiger partial charge in [-0.15, -0.1) is 0 Å². The highest BCUT2D eigenvalue weighted by Gasteiger charge is 2.18. The first-order chi connectivity index (χ1) is 14.0. The van der Waals surface area contributed by atoms with Crippen molar-refractivity contribution in [1.29, 1.82) is 0 Å². The molecule has 0 radical (unpaired) electrons.